The van der Waals surface area contributed by atoms with Crippen molar-refractivity contribution >= 4 is 5.82 Å². The first kappa shape index (κ1) is 12.5. The SMILES string of the molecule is C#CC(CCC)Nc1cc(CCC)ncn1. The number of rotatable bonds is 6. The maximum Gasteiger partial charge on any atom is 0.130 e. The number of anilines is 1. The van der Waals surface area contributed by atoms with Gasteiger partial charge in [-0.25, -0.2) is 9.97 Å². The lowest BCUT2D eigenvalue weighted by molar-refractivity contribution is 0.750. The fourth-order valence-electron chi connectivity index (χ4n) is 1.53. The second-order valence-corrected chi connectivity index (χ2v) is 3.80. The first-order valence-corrected chi connectivity index (χ1v) is 5.83. The van der Waals surface area contributed by atoms with Crippen molar-refractivity contribution in [2.75, 3.05) is 5.32 Å². The smallest absolute Gasteiger partial charge is 0.130 e. The van der Waals surface area contributed by atoms with Gasteiger partial charge in [0.2, 0.25) is 0 Å². The van der Waals surface area contributed by atoms with Gasteiger partial charge in [0, 0.05) is 11.8 Å². The molecule has 0 amide bonds. The molecule has 0 fully saturated rings. The van der Waals surface area contributed by atoms with E-state index in [0.717, 1.165) is 37.2 Å². The lowest BCUT2D eigenvalue weighted by Crippen LogP contribution is -2.17. The molecule has 0 spiro atoms. The molecule has 0 aromatic carbocycles. The Morgan fingerprint density at radius 1 is 1.38 bits per heavy atom. The van der Waals surface area contributed by atoms with Crippen LogP contribution >= 0.6 is 0 Å². The molecule has 0 aliphatic rings. The lowest BCUT2D eigenvalue weighted by atomic mass is 10.2. The first-order chi connectivity index (χ1) is 7.80. The second-order valence-electron chi connectivity index (χ2n) is 3.80. The van der Waals surface area contributed by atoms with Gasteiger partial charge in [0.15, 0.2) is 0 Å². The van der Waals surface area contributed by atoms with Crippen molar-refractivity contribution in [3.63, 3.8) is 0 Å². The van der Waals surface area contributed by atoms with Crippen LogP contribution in [-0.4, -0.2) is 16.0 Å². The Hall–Kier alpha value is -1.56. The van der Waals surface area contributed by atoms with Gasteiger partial charge < -0.3 is 5.32 Å². The van der Waals surface area contributed by atoms with Crippen molar-refractivity contribution < 1.29 is 0 Å². The molecule has 86 valence electrons. The molecule has 0 saturated carbocycles. The molecular weight excluding hydrogens is 198 g/mol. The van der Waals surface area contributed by atoms with Gasteiger partial charge in [-0.3, -0.25) is 0 Å². The number of terminal acetylenes is 1. The van der Waals surface area contributed by atoms with Crippen LogP contribution in [0.2, 0.25) is 0 Å². The Balaban J connectivity index is 2.65. The monoisotopic (exact) mass is 217 g/mol. The van der Waals surface area contributed by atoms with Crippen LogP contribution in [0.3, 0.4) is 0 Å². The minimum Gasteiger partial charge on any atom is -0.356 e. The highest BCUT2D eigenvalue weighted by Gasteiger charge is 2.04. The van der Waals surface area contributed by atoms with E-state index in [1.165, 1.54) is 0 Å². The fraction of sp³-hybridized carbons (Fsp3) is 0.538. The number of aryl methyl sites for hydroxylation is 1. The topological polar surface area (TPSA) is 37.8 Å². The number of hydrogen-bond donors (Lipinski definition) is 1. The van der Waals surface area contributed by atoms with Gasteiger partial charge in [0.05, 0.1) is 6.04 Å². The van der Waals surface area contributed by atoms with Gasteiger partial charge in [-0.2, -0.15) is 0 Å². The van der Waals surface area contributed by atoms with Crippen molar-refractivity contribution in [1.82, 2.24) is 9.97 Å². The standard InChI is InChI=1S/C13H19N3/c1-4-7-11(6-3)16-13-9-12(8-5-2)14-10-15-13/h3,9-11H,4-5,7-8H2,1-2H3,(H,14,15,16). The Morgan fingerprint density at radius 3 is 2.81 bits per heavy atom. The molecule has 16 heavy (non-hydrogen) atoms. The van der Waals surface area contributed by atoms with E-state index < -0.39 is 0 Å². The highest BCUT2D eigenvalue weighted by Crippen LogP contribution is 2.09. The summed E-state index contributed by atoms with van der Waals surface area (Å²) in [6.45, 7) is 4.26. The Labute approximate surface area is 97.7 Å². The van der Waals surface area contributed by atoms with Crippen LogP contribution in [0, 0.1) is 12.3 Å². The Bertz CT molecular complexity index is 354. The quantitative estimate of drug-likeness (QED) is 0.744. The van der Waals surface area contributed by atoms with Gasteiger partial charge in [-0.15, -0.1) is 6.42 Å². The molecule has 1 aromatic heterocycles. The van der Waals surface area contributed by atoms with E-state index in [1.54, 1.807) is 6.33 Å². The largest absolute Gasteiger partial charge is 0.356 e. The van der Waals surface area contributed by atoms with E-state index in [9.17, 15) is 0 Å². The van der Waals surface area contributed by atoms with Crippen LogP contribution in [0.5, 0.6) is 0 Å². The molecule has 3 heteroatoms. The molecule has 3 nitrogen and oxygen atoms in total. The summed E-state index contributed by atoms with van der Waals surface area (Å²) in [5.74, 6) is 3.56. The van der Waals surface area contributed by atoms with E-state index >= 15 is 0 Å². The van der Waals surface area contributed by atoms with Gasteiger partial charge >= 0.3 is 0 Å². The van der Waals surface area contributed by atoms with Crippen molar-refractivity contribution in [2.45, 2.75) is 45.6 Å². The summed E-state index contributed by atoms with van der Waals surface area (Å²) in [5, 5.41) is 3.24. The average molecular weight is 217 g/mol. The number of nitrogens with zero attached hydrogens (tertiary/aromatic N) is 2. The third-order valence-electron chi connectivity index (χ3n) is 2.33. The maximum atomic E-state index is 5.45. The normalized spacial score (nSPS) is 11.8. The molecule has 1 rings (SSSR count). The van der Waals surface area contributed by atoms with E-state index in [0.29, 0.717) is 0 Å². The van der Waals surface area contributed by atoms with Crippen LogP contribution in [0.4, 0.5) is 5.82 Å². The van der Waals surface area contributed by atoms with Gasteiger partial charge in [-0.1, -0.05) is 32.6 Å². The molecule has 0 aliphatic carbocycles. The van der Waals surface area contributed by atoms with Crippen molar-refractivity contribution in [3.8, 4) is 12.3 Å². The van der Waals surface area contributed by atoms with Gasteiger partial charge in [0.1, 0.15) is 12.1 Å². The van der Waals surface area contributed by atoms with Crippen LogP contribution in [0.25, 0.3) is 0 Å². The van der Waals surface area contributed by atoms with Crippen molar-refractivity contribution in [1.29, 1.82) is 0 Å². The summed E-state index contributed by atoms with van der Waals surface area (Å²) in [4.78, 5) is 8.38. The zero-order chi connectivity index (χ0) is 11.8. The summed E-state index contributed by atoms with van der Waals surface area (Å²) in [6.07, 6.45) is 11.1. The van der Waals surface area contributed by atoms with E-state index in [4.69, 9.17) is 6.42 Å². The van der Waals surface area contributed by atoms with Gasteiger partial charge in [-0.05, 0) is 12.8 Å². The molecule has 1 aromatic rings. The zero-order valence-corrected chi connectivity index (χ0v) is 10.0. The molecule has 0 aliphatic heterocycles. The summed E-state index contributed by atoms with van der Waals surface area (Å²) in [6, 6.07) is 2.04. The van der Waals surface area contributed by atoms with E-state index in [2.05, 4.69) is 35.1 Å². The number of hydrogen-bond acceptors (Lipinski definition) is 3. The fourth-order valence-corrected chi connectivity index (χ4v) is 1.53. The molecule has 1 unspecified atom stereocenters. The van der Waals surface area contributed by atoms with Crippen LogP contribution in [-0.2, 0) is 6.42 Å². The third kappa shape index (κ3) is 3.90. The molecule has 0 bridgehead atoms. The molecular formula is C13H19N3. The minimum absolute atomic E-state index is 0.0642. The minimum atomic E-state index is 0.0642. The Kier molecular flexibility index (Phi) is 5.35. The maximum absolute atomic E-state index is 5.45. The van der Waals surface area contributed by atoms with Crippen molar-refractivity contribution in [2.24, 2.45) is 0 Å². The summed E-state index contributed by atoms with van der Waals surface area (Å²) < 4.78 is 0. The van der Waals surface area contributed by atoms with Crippen LogP contribution < -0.4 is 5.32 Å². The van der Waals surface area contributed by atoms with Gasteiger partial charge in [0.25, 0.3) is 0 Å². The zero-order valence-electron chi connectivity index (χ0n) is 10.0. The molecule has 1 N–H and O–H groups in total. The van der Waals surface area contributed by atoms with Crippen LogP contribution in [0.1, 0.15) is 38.8 Å². The lowest BCUT2D eigenvalue weighted by Gasteiger charge is -2.12. The second kappa shape index (κ2) is 6.84. The predicted molar refractivity (Wildman–Crippen MR) is 67.2 cm³/mol. The van der Waals surface area contributed by atoms with Crippen LogP contribution in [0.15, 0.2) is 12.4 Å². The highest BCUT2D eigenvalue weighted by atomic mass is 15.0. The Morgan fingerprint density at radius 2 is 2.19 bits per heavy atom. The molecule has 0 radical (unpaired) electrons. The average Bonchev–Trinajstić information content (AvgIpc) is 2.29. The molecule has 1 atom stereocenters. The molecule has 0 saturated heterocycles. The summed E-state index contributed by atoms with van der Waals surface area (Å²) in [5.41, 5.74) is 1.06. The third-order valence-corrected chi connectivity index (χ3v) is 2.33. The summed E-state index contributed by atoms with van der Waals surface area (Å²) >= 11 is 0. The van der Waals surface area contributed by atoms with E-state index in [-0.39, 0.29) is 6.04 Å². The van der Waals surface area contributed by atoms with E-state index in [1.807, 2.05) is 6.07 Å². The predicted octanol–water partition coefficient (Wildman–Crippen LogP) is 2.64. The first-order valence-electron chi connectivity index (χ1n) is 5.83. The number of nitrogens with one attached hydrogen (secondary N) is 1. The highest BCUT2D eigenvalue weighted by molar-refractivity contribution is 5.38. The van der Waals surface area contributed by atoms with Crippen molar-refractivity contribution in [3.05, 3.63) is 18.1 Å². The summed E-state index contributed by atoms with van der Waals surface area (Å²) in [7, 11) is 0. The molecule has 1 heterocycles. The number of aromatic nitrogens is 2.